The Morgan fingerprint density at radius 3 is 2.61 bits per heavy atom. The van der Waals surface area contributed by atoms with Gasteiger partial charge in [0.2, 0.25) is 0 Å². The number of anilines is 3. The summed E-state index contributed by atoms with van der Waals surface area (Å²) in [7, 11) is 0. The third kappa shape index (κ3) is 2.40. The molecule has 0 atom stereocenters. The summed E-state index contributed by atoms with van der Waals surface area (Å²) in [6.07, 6.45) is 0. The molecule has 0 spiro atoms. The van der Waals surface area contributed by atoms with Gasteiger partial charge in [-0.2, -0.15) is 0 Å². The maximum Gasteiger partial charge on any atom is 0.339 e. The fourth-order valence-corrected chi connectivity index (χ4v) is 1.54. The van der Waals surface area contributed by atoms with E-state index in [-0.39, 0.29) is 5.56 Å². The maximum atomic E-state index is 11.1. The first-order valence-corrected chi connectivity index (χ1v) is 5.40. The minimum absolute atomic E-state index is 0.0574. The van der Waals surface area contributed by atoms with Gasteiger partial charge in [-0.25, -0.2) is 9.78 Å². The Hall–Kier alpha value is -2.56. The molecule has 1 aromatic heterocycles. The van der Waals surface area contributed by atoms with Crippen LogP contribution < -0.4 is 11.1 Å². The topological polar surface area (TPSA) is 88.2 Å². The molecule has 0 aliphatic carbocycles. The number of aromatic carboxylic acids is 1. The van der Waals surface area contributed by atoms with E-state index in [1.165, 1.54) is 6.07 Å². The van der Waals surface area contributed by atoms with Crippen LogP contribution in [-0.2, 0) is 0 Å². The number of carbonyl (C=O) groups is 1. The largest absolute Gasteiger partial charge is 0.478 e. The van der Waals surface area contributed by atoms with Crippen LogP contribution in [0.5, 0.6) is 0 Å². The van der Waals surface area contributed by atoms with Gasteiger partial charge in [-0.1, -0.05) is 18.2 Å². The van der Waals surface area contributed by atoms with Gasteiger partial charge in [0, 0.05) is 5.69 Å². The van der Waals surface area contributed by atoms with Crippen molar-refractivity contribution in [3.63, 3.8) is 0 Å². The molecule has 5 nitrogen and oxygen atoms in total. The molecule has 4 N–H and O–H groups in total. The number of nitrogen functional groups attached to an aromatic ring is 1. The first-order valence-electron chi connectivity index (χ1n) is 5.40. The van der Waals surface area contributed by atoms with Gasteiger partial charge in [0.25, 0.3) is 0 Å². The van der Waals surface area contributed by atoms with Gasteiger partial charge in [0.1, 0.15) is 11.4 Å². The molecule has 1 heterocycles. The van der Waals surface area contributed by atoms with Crippen LogP contribution >= 0.6 is 0 Å². The van der Waals surface area contributed by atoms with Gasteiger partial charge in [-0.3, -0.25) is 0 Å². The molecule has 92 valence electrons. The SMILES string of the molecule is Cc1nc(Nc2ccccc2)c(C(=O)O)cc1N. The van der Waals surface area contributed by atoms with Gasteiger partial charge < -0.3 is 16.2 Å². The number of hydrogen-bond donors (Lipinski definition) is 3. The molecule has 18 heavy (non-hydrogen) atoms. The maximum absolute atomic E-state index is 11.1. The lowest BCUT2D eigenvalue weighted by molar-refractivity contribution is 0.0697. The van der Waals surface area contributed by atoms with Crippen molar-refractivity contribution in [3.8, 4) is 0 Å². The van der Waals surface area contributed by atoms with E-state index in [1.54, 1.807) is 6.92 Å². The Morgan fingerprint density at radius 1 is 1.33 bits per heavy atom. The molecule has 5 heteroatoms. The summed E-state index contributed by atoms with van der Waals surface area (Å²) in [4.78, 5) is 15.3. The van der Waals surface area contributed by atoms with Crippen molar-refractivity contribution in [2.24, 2.45) is 0 Å². The van der Waals surface area contributed by atoms with Crippen LogP contribution in [0, 0.1) is 6.92 Å². The Bertz CT molecular complexity index is 582. The highest BCUT2D eigenvalue weighted by molar-refractivity contribution is 5.95. The zero-order valence-corrected chi connectivity index (χ0v) is 9.84. The van der Waals surface area contributed by atoms with Crippen molar-refractivity contribution in [1.29, 1.82) is 0 Å². The summed E-state index contributed by atoms with van der Waals surface area (Å²) in [5.41, 5.74) is 7.46. The summed E-state index contributed by atoms with van der Waals surface area (Å²) in [5.74, 6) is -0.770. The van der Waals surface area contributed by atoms with Crippen molar-refractivity contribution in [1.82, 2.24) is 4.98 Å². The van der Waals surface area contributed by atoms with Gasteiger partial charge >= 0.3 is 5.97 Å². The second-order valence-electron chi connectivity index (χ2n) is 3.86. The highest BCUT2D eigenvalue weighted by Gasteiger charge is 2.14. The van der Waals surface area contributed by atoms with Gasteiger partial charge in [-0.15, -0.1) is 0 Å². The van der Waals surface area contributed by atoms with Crippen LogP contribution in [0.3, 0.4) is 0 Å². The van der Waals surface area contributed by atoms with E-state index in [9.17, 15) is 4.79 Å². The lowest BCUT2D eigenvalue weighted by Crippen LogP contribution is -2.08. The number of aryl methyl sites for hydroxylation is 1. The smallest absolute Gasteiger partial charge is 0.339 e. The molecule has 2 rings (SSSR count). The van der Waals surface area contributed by atoms with Crippen molar-refractivity contribution < 1.29 is 9.90 Å². The molecule has 0 saturated heterocycles. The normalized spacial score (nSPS) is 10.1. The first-order chi connectivity index (χ1) is 8.58. The summed E-state index contributed by atoms with van der Waals surface area (Å²) in [5, 5.41) is 12.1. The highest BCUT2D eigenvalue weighted by Crippen LogP contribution is 2.22. The van der Waals surface area contributed by atoms with Crippen LogP contribution in [-0.4, -0.2) is 16.1 Å². The molecule has 0 unspecified atom stereocenters. The van der Waals surface area contributed by atoms with Gasteiger partial charge in [-0.05, 0) is 25.1 Å². The number of para-hydroxylation sites is 1. The van der Waals surface area contributed by atoms with E-state index in [4.69, 9.17) is 10.8 Å². The van der Waals surface area contributed by atoms with Crippen LogP contribution in [0.2, 0.25) is 0 Å². The molecule has 0 aliphatic heterocycles. The number of aromatic nitrogens is 1. The van der Waals surface area contributed by atoms with Crippen molar-refractivity contribution in [3.05, 3.63) is 47.7 Å². The number of hydrogen-bond acceptors (Lipinski definition) is 4. The zero-order valence-electron chi connectivity index (χ0n) is 9.84. The van der Waals surface area contributed by atoms with Crippen molar-refractivity contribution >= 4 is 23.2 Å². The molecule has 0 radical (unpaired) electrons. The van der Waals surface area contributed by atoms with Crippen LogP contribution in [0.15, 0.2) is 36.4 Å². The Labute approximate surface area is 104 Å². The Kier molecular flexibility index (Phi) is 3.14. The van der Waals surface area contributed by atoms with Crippen molar-refractivity contribution in [2.45, 2.75) is 6.92 Å². The minimum atomic E-state index is -1.06. The van der Waals surface area contributed by atoms with Gasteiger partial charge in [0.15, 0.2) is 0 Å². The fraction of sp³-hybridized carbons (Fsp3) is 0.0769. The van der Waals surface area contributed by atoms with E-state index in [0.29, 0.717) is 17.2 Å². The van der Waals surface area contributed by atoms with E-state index < -0.39 is 5.97 Å². The summed E-state index contributed by atoms with van der Waals surface area (Å²) in [6, 6.07) is 10.7. The third-order valence-electron chi connectivity index (χ3n) is 2.52. The Morgan fingerprint density at radius 2 is 2.00 bits per heavy atom. The number of carboxylic acids is 1. The first kappa shape index (κ1) is 11.9. The quantitative estimate of drug-likeness (QED) is 0.770. The average molecular weight is 243 g/mol. The number of carboxylic acid groups (broad SMARTS) is 1. The summed E-state index contributed by atoms with van der Waals surface area (Å²) >= 11 is 0. The third-order valence-corrected chi connectivity index (χ3v) is 2.52. The Balaban J connectivity index is 2.43. The number of benzene rings is 1. The van der Waals surface area contributed by atoms with Crippen LogP contribution in [0.4, 0.5) is 17.2 Å². The predicted molar refractivity (Wildman–Crippen MR) is 70.1 cm³/mol. The molecular formula is C13H13N3O2. The molecular weight excluding hydrogens is 230 g/mol. The predicted octanol–water partition coefficient (Wildman–Crippen LogP) is 2.41. The molecule has 0 saturated carbocycles. The number of nitrogens with two attached hydrogens (primary N) is 1. The second kappa shape index (κ2) is 4.75. The van der Waals surface area contributed by atoms with Gasteiger partial charge in [0.05, 0.1) is 11.4 Å². The zero-order chi connectivity index (χ0) is 13.1. The highest BCUT2D eigenvalue weighted by atomic mass is 16.4. The molecule has 1 aromatic carbocycles. The van der Waals surface area contributed by atoms with Crippen LogP contribution in [0.25, 0.3) is 0 Å². The van der Waals surface area contributed by atoms with E-state index in [2.05, 4.69) is 10.3 Å². The minimum Gasteiger partial charge on any atom is -0.478 e. The molecule has 2 aromatic rings. The van der Waals surface area contributed by atoms with E-state index >= 15 is 0 Å². The lowest BCUT2D eigenvalue weighted by Gasteiger charge is -2.10. The number of rotatable bonds is 3. The second-order valence-corrected chi connectivity index (χ2v) is 3.86. The fourth-order valence-electron chi connectivity index (χ4n) is 1.54. The molecule has 0 aliphatic rings. The lowest BCUT2D eigenvalue weighted by atomic mass is 10.2. The monoisotopic (exact) mass is 243 g/mol. The number of nitrogens with zero attached hydrogens (tertiary/aromatic N) is 1. The summed E-state index contributed by atoms with van der Waals surface area (Å²) in [6.45, 7) is 1.73. The molecule has 0 fully saturated rings. The molecule has 0 amide bonds. The standard InChI is InChI=1S/C13H13N3O2/c1-8-11(14)7-10(13(17)18)12(15-8)16-9-5-3-2-4-6-9/h2-7H,14H2,1H3,(H,15,16)(H,17,18). The van der Waals surface area contributed by atoms with Crippen molar-refractivity contribution in [2.75, 3.05) is 11.1 Å². The van der Waals surface area contributed by atoms with E-state index in [0.717, 1.165) is 5.69 Å². The number of pyridine rings is 1. The molecule has 0 bridgehead atoms. The van der Waals surface area contributed by atoms with E-state index in [1.807, 2.05) is 30.3 Å². The van der Waals surface area contributed by atoms with Crippen LogP contribution in [0.1, 0.15) is 16.1 Å². The average Bonchev–Trinajstić information content (AvgIpc) is 2.34. The number of nitrogens with one attached hydrogen (secondary N) is 1. The summed E-state index contributed by atoms with van der Waals surface area (Å²) < 4.78 is 0.